The number of non-ortho nitro benzene ring substituents is 1. The summed E-state index contributed by atoms with van der Waals surface area (Å²) in [6, 6.07) is 6.66. The molecule has 2 rings (SSSR count). The van der Waals surface area contributed by atoms with Crippen molar-refractivity contribution in [2.75, 3.05) is 5.32 Å². The Balaban J connectivity index is 2.04. The molecule has 0 amide bonds. The third kappa shape index (κ3) is 2.77. The SMILES string of the molecule is Cc1noc(NCc2cccc([N+](=O)[O-])c2)n1. The van der Waals surface area contributed by atoms with Crippen molar-refractivity contribution in [3.8, 4) is 0 Å². The van der Waals surface area contributed by atoms with Gasteiger partial charge in [0, 0.05) is 18.7 Å². The van der Waals surface area contributed by atoms with Gasteiger partial charge in [0.15, 0.2) is 5.82 Å². The Morgan fingerprint density at radius 1 is 1.53 bits per heavy atom. The molecule has 0 aliphatic rings. The second-order valence-corrected chi connectivity index (χ2v) is 3.43. The van der Waals surface area contributed by atoms with E-state index in [4.69, 9.17) is 4.52 Å². The van der Waals surface area contributed by atoms with E-state index in [2.05, 4.69) is 15.5 Å². The molecular formula is C10H10N4O3. The molecule has 88 valence electrons. The van der Waals surface area contributed by atoms with E-state index in [1.165, 1.54) is 12.1 Å². The number of rotatable bonds is 4. The molecule has 7 nitrogen and oxygen atoms in total. The molecule has 0 saturated carbocycles. The van der Waals surface area contributed by atoms with Gasteiger partial charge in [0.25, 0.3) is 5.69 Å². The third-order valence-corrected chi connectivity index (χ3v) is 2.09. The highest BCUT2D eigenvalue weighted by molar-refractivity contribution is 5.35. The van der Waals surface area contributed by atoms with Crippen LogP contribution >= 0.6 is 0 Å². The van der Waals surface area contributed by atoms with Crippen LogP contribution in [-0.4, -0.2) is 15.1 Å². The monoisotopic (exact) mass is 234 g/mol. The van der Waals surface area contributed by atoms with Crippen LogP contribution in [0, 0.1) is 17.0 Å². The van der Waals surface area contributed by atoms with Crippen LogP contribution in [0.3, 0.4) is 0 Å². The highest BCUT2D eigenvalue weighted by Gasteiger charge is 2.06. The quantitative estimate of drug-likeness (QED) is 0.641. The van der Waals surface area contributed by atoms with Gasteiger partial charge in [-0.1, -0.05) is 17.3 Å². The number of anilines is 1. The Bertz CT molecular complexity index is 538. The summed E-state index contributed by atoms with van der Waals surface area (Å²) in [4.78, 5) is 14.1. The van der Waals surface area contributed by atoms with E-state index in [0.29, 0.717) is 18.4 Å². The van der Waals surface area contributed by atoms with Crippen molar-refractivity contribution in [1.82, 2.24) is 10.1 Å². The fourth-order valence-electron chi connectivity index (χ4n) is 1.33. The van der Waals surface area contributed by atoms with Gasteiger partial charge < -0.3 is 9.84 Å². The summed E-state index contributed by atoms with van der Waals surface area (Å²) in [6.45, 7) is 2.10. The number of aromatic nitrogens is 2. The van der Waals surface area contributed by atoms with E-state index in [9.17, 15) is 10.1 Å². The van der Waals surface area contributed by atoms with Gasteiger partial charge in [0.2, 0.25) is 0 Å². The van der Waals surface area contributed by atoms with Crippen LogP contribution in [0.2, 0.25) is 0 Å². The highest BCUT2D eigenvalue weighted by atomic mass is 16.6. The van der Waals surface area contributed by atoms with Crippen molar-refractivity contribution in [2.24, 2.45) is 0 Å². The van der Waals surface area contributed by atoms with Crippen LogP contribution in [0.4, 0.5) is 11.7 Å². The summed E-state index contributed by atoms with van der Waals surface area (Å²) in [6.07, 6.45) is 0. The Hall–Kier alpha value is -2.44. The third-order valence-electron chi connectivity index (χ3n) is 2.09. The first-order valence-electron chi connectivity index (χ1n) is 4.92. The Kier molecular flexibility index (Phi) is 2.99. The fourth-order valence-corrected chi connectivity index (χ4v) is 1.33. The molecule has 0 atom stereocenters. The van der Waals surface area contributed by atoms with Crippen LogP contribution in [0.15, 0.2) is 28.8 Å². The molecule has 7 heteroatoms. The highest BCUT2D eigenvalue weighted by Crippen LogP contribution is 2.14. The lowest BCUT2D eigenvalue weighted by Gasteiger charge is -2.00. The maximum Gasteiger partial charge on any atom is 0.321 e. The first kappa shape index (κ1) is 11.1. The van der Waals surface area contributed by atoms with E-state index in [-0.39, 0.29) is 5.69 Å². The van der Waals surface area contributed by atoms with E-state index >= 15 is 0 Å². The lowest BCUT2D eigenvalue weighted by atomic mass is 10.2. The van der Waals surface area contributed by atoms with E-state index < -0.39 is 4.92 Å². The number of nitrogens with one attached hydrogen (secondary N) is 1. The summed E-state index contributed by atoms with van der Waals surface area (Å²) < 4.78 is 4.86. The minimum absolute atomic E-state index is 0.0611. The Morgan fingerprint density at radius 2 is 2.35 bits per heavy atom. The first-order chi connectivity index (χ1) is 8.15. The lowest BCUT2D eigenvalue weighted by molar-refractivity contribution is -0.384. The van der Waals surface area contributed by atoms with E-state index in [1.54, 1.807) is 19.1 Å². The molecule has 1 N–H and O–H groups in total. The van der Waals surface area contributed by atoms with Gasteiger partial charge in [-0.15, -0.1) is 0 Å². The van der Waals surface area contributed by atoms with Crippen molar-refractivity contribution >= 4 is 11.7 Å². The second kappa shape index (κ2) is 4.60. The predicted octanol–water partition coefficient (Wildman–Crippen LogP) is 1.90. The fraction of sp³-hybridized carbons (Fsp3) is 0.200. The molecule has 1 aromatic carbocycles. The normalized spacial score (nSPS) is 10.2. The van der Waals surface area contributed by atoms with E-state index in [0.717, 1.165) is 5.56 Å². The molecule has 1 heterocycles. The second-order valence-electron chi connectivity index (χ2n) is 3.43. The van der Waals surface area contributed by atoms with Crippen molar-refractivity contribution in [1.29, 1.82) is 0 Å². The van der Waals surface area contributed by atoms with Crippen LogP contribution in [0.5, 0.6) is 0 Å². The van der Waals surface area contributed by atoms with Crippen molar-refractivity contribution in [3.63, 3.8) is 0 Å². The number of nitro groups is 1. The maximum absolute atomic E-state index is 10.6. The number of nitro benzene ring substituents is 1. The number of benzene rings is 1. The van der Waals surface area contributed by atoms with Crippen molar-refractivity contribution in [3.05, 3.63) is 45.8 Å². The van der Waals surface area contributed by atoms with Crippen molar-refractivity contribution < 1.29 is 9.45 Å². The van der Waals surface area contributed by atoms with Gasteiger partial charge in [-0.05, 0) is 12.5 Å². The molecule has 2 aromatic rings. The van der Waals surface area contributed by atoms with Gasteiger partial charge in [-0.2, -0.15) is 4.98 Å². The van der Waals surface area contributed by atoms with Gasteiger partial charge in [-0.3, -0.25) is 10.1 Å². The van der Waals surface area contributed by atoms with E-state index in [1.807, 2.05) is 0 Å². The molecular weight excluding hydrogens is 224 g/mol. The van der Waals surface area contributed by atoms with Gasteiger partial charge in [-0.25, -0.2) is 0 Å². The summed E-state index contributed by atoms with van der Waals surface area (Å²) in [5.74, 6) is 0.534. The number of nitrogens with zero attached hydrogens (tertiary/aromatic N) is 3. The minimum atomic E-state index is -0.430. The average molecular weight is 234 g/mol. The molecule has 0 saturated heterocycles. The van der Waals surface area contributed by atoms with Crippen molar-refractivity contribution in [2.45, 2.75) is 13.5 Å². The van der Waals surface area contributed by atoms with Gasteiger partial charge >= 0.3 is 6.01 Å². The summed E-state index contributed by atoms with van der Waals surface area (Å²) in [5.41, 5.74) is 0.834. The van der Waals surface area contributed by atoms with Crippen LogP contribution in [-0.2, 0) is 6.54 Å². The largest absolute Gasteiger partial charge is 0.334 e. The lowest BCUT2D eigenvalue weighted by Crippen LogP contribution is -2.00. The molecule has 0 bridgehead atoms. The van der Waals surface area contributed by atoms with Gasteiger partial charge in [0.1, 0.15) is 0 Å². The zero-order chi connectivity index (χ0) is 12.3. The van der Waals surface area contributed by atoms with Gasteiger partial charge in [0.05, 0.1) is 4.92 Å². The molecule has 0 spiro atoms. The average Bonchev–Trinajstić information content (AvgIpc) is 2.73. The zero-order valence-electron chi connectivity index (χ0n) is 9.08. The van der Waals surface area contributed by atoms with Crippen LogP contribution in [0.1, 0.15) is 11.4 Å². The smallest absolute Gasteiger partial charge is 0.321 e. The number of hydrogen-bond donors (Lipinski definition) is 1. The minimum Gasteiger partial charge on any atom is -0.334 e. The number of hydrogen-bond acceptors (Lipinski definition) is 6. The molecule has 0 fully saturated rings. The number of aryl methyl sites for hydroxylation is 1. The molecule has 0 aliphatic carbocycles. The Labute approximate surface area is 96.6 Å². The topological polar surface area (TPSA) is 94.1 Å². The summed E-state index contributed by atoms with van der Waals surface area (Å²) >= 11 is 0. The van der Waals surface area contributed by atoms with Crippen LogP contribution in [0.25, 0.3) is 0 Å². The zero-order valence-corrected chi connectivity index (χ0v) is 9.08. The Morgan fingerprint density at radius 3 is 3.00 bits per heavy atom. The molecule has 0 aliphatic heterocycles. The predicted molar refractivity (Wildman–Crippen MR) is 59.5 cm³/mol. The standard InChI is InChI=1S/C10H10N4O3/c1-7-12-10(17-13-7)11-6-8-3-2-4-9(5-8)14(15)16/h2-5H,6H2,1H3,(H,11,12,13). The molecule has 17 heavy (non-hydrogen) atoms. The first-order valence-corrected chi connectivity index (χ1v) is 4.92. The summed E-state index contributed by atoms with van der Waals surface area (Å²) in [7, 11) is 0. The molecule has 0 unspecified atom stereocenters. The molecule has 1 aromatic heterocycles. The van der Waals surface area contributed by atoms with Crippen LogP contribution < -0.4 is 5.32 Å². The molecule has 0 radical (unpaired) electrons. The summed E-state index contributed by atoms with van der Waals surface area (Å²) in [5, 5.41) is 17.1. The maximum atomic E-state index is 10.6.